The van der Waals surface area contributed by atoms with Crippen molar-refractivity contribution in [3.8, 4) is 11.4 Å². The van der Waals surface area contributed by atoms with Crippen LogP contribution in [-0.4, -0.2) is 9.38 Å². The molecule has 0 radical (unpaired) electrons. The van der Waals surface area contributed by atoms with E-state index in [1.807, 2.05) is 22.7 Å². The first kappa shape index (κ1) is 10.3. The van der Waals surface area contributed by atoms with Crippen molar-refractivity contribution in [2.45, 2.75) is 0 Å². The number of hydrogen-bond acceptors (Lipinski definition) is 1. The van der Waals surface area contributed by atoms with Crippen LogP contribution in [0.15, 0.2) is 48.8 Å². The molecule has 0 bridgehead atoms. The Hall–Kier alpha value is -1.87. The summed E-state index contributed by atoms with van der Waals surface area (Å²) in [5.74, 6) is 0.406. The van der Waals surface area contributed by atoms with Crippen LogP contribution in [0.25, 0.3) is 16.9 Å². The maximum absolute atomic E-state index is 13.2. The topological polar surface area (TPSA) is 17.3 Å². The first-order chi connectivity index (χ1) is 8.25. The molecule has 0 atom stereocenters. The van der Waals surface area contributed by atoms with Crippen LogP contribution >= 0.6 is 11.6 Å². The van der Waals surface area contributed by atoms with E-state index in [1.165, 1.54) is 12.1 Å². The Bertz CT molecular complexity index is 691. The molecule has 17 heavy (non-hydrogen) atoms. The summed E-state index contributed by atoms with van der Waals surface area (Å²) in [7, 11) is 0. The molecule has 0 N–H and O–H groups in total. The minimum absolute atomic E-state index is 0.277. The van der Waals surface area contributed by atoms with E-state index in [1.54, 1.807) is 18.3 Å². The number of imidazole rings is 1. The second-order valence-electron chi connectivity index (χ2n) is 3.70. The molecule has 0 fully saturated rings. The van der Waals surface area contributed by atoms with E-state index in [4.69, 9.17) is 11.6 Å². The van der Waals surface area contributed by atoms with Crippen LogP contribution < -0.4 is 0 Å². The number of fused-ring (bicyclic) bond motifs is 1. The number of nitrogens with zero attached hydrogens (tertiary/aromatic N) is 2. The van der Waals surface area contributed by atoms with E-state index in [2.05, 4.69) is 4.98 Å². The van der Waals surface area contributed by atoms with Crippen molar-refractivity contribution in [2.24, 2.45) is 0 Å². The van der Waals surface area contributed by atoms with Crippen LogP contribution in [0.2, 0.25) is 5.02 Å². The van der Waals surface area contributed by atoms with E-state index in [0.717, 1.165) is 11.1 Å². The third-order valence-electron chi connectivity index (χ3n) is 2.60. The minimum atomic E-state index is -0.277. The Labute approximate surface area is 102 Å². The Morgan fingerprint density at radius 2 is 2.06 bits per heavy atom. The minimum Gasteiger partial charge on any atom is -0.298 e. The Morgan fingerprint density at radius 1 is 1.18 bits per heavy atom. The summed E-state index contributed by atoms with van der Waals surface area (Å²) in [4.78, 5) is 4.28. The monoisotopic (exact) mass is 246 g/mol. The molecule has 1 aromatic carbocycles. The van der Waals surface area contributed by atoms with Gasteiger partial charge in [0.1, 0.15) is 11.6 Å². The van der Waals surface area contributed by atoms with Crippen LogP contribution in [0.5, 0.6) is 0 Å². The predicted octanol–water partition coefficient (Wildman–Crippen LogP) is 3.79. The van der Waals surface area contributed by atoms with E-state index in [0.29, 0.717) is 10.8 Å². The molecule has 2 heterocycles. The van der Waals surface area contributed by atoms with Gasteiger partial charge in [0.05, 0.1) is 16.7 Å². The largest absolute Gasteiger partial charge is 0.298 e. The fourth-order valence-corrected chi connectivity index (χ4v) is 2.04. The van der Waals surface area contributed by atoms with E-state index in [-0.39, 0.29) is 5.82 Å². The maximum Gasteiger partial charge on any atom is 0.144 e. The van der Waals surface area contributed by atoms with Gasteiger partial charge in [-0.3, -0.25) is 4.40 Å². The van der Waals surface area contributed by atoms with Crippen molar-refractivity contribution in [1.82, 2.24) is 9.38 Å². The molecule has 0 aliphatic heterocycles. The van der Waals surface area contributed by atoms with Crippen molar-refractivity contribution in [3.05, 3.63) is 59.6 Å². The van der Waals surface area contributed by atoms with Gasteiger partial charge in [-0.25, -0.2) is 9.37 Å². The highest BCUT2D eigenvalue weighted by molar-refractivity contribution is 6.33. The highest BCUT2D eigenvalue weighted by Crippen LogP contribution is 2.24. The Morgan fingerprint density at radius 3 is 2.88 bits per heavy atom. The lowest BCUT2D eigenvalue weighted by Gasteiger charge is -2.02. The molecule has 0 unspecified atom stereocenters. The third-order valence-corrected chi connectivity index (χ3v) is 2.92. The number of hydrogen-bond donors (Lipinski definition) is 0. The van der Waals surface area contributed by atoms with E-state index in [9.17, 15) is 4.39 Å². The summed E-state index contributed by atoms with van der Waals surface area (Å²) >= 11 is 6.05. The quantitative estimate of drug-likeness (QED) is 0.639. The molecule has 2 aromatic heterocycles. The van der Waals surface area contributed by atoms with Gasteiger partial charge < -0.3 is 0 Å². The normalized spacial score (nSPS) is 10.9. The van der Waals surface area contributed by atoms with Gasteiger partial charge in [-0.1, -0.05) is 23.7 Å². The van der Waals surface area contributed by atoms with Crippen molar-refractivity contribution in [2.75, 3.05) is 0 Å². The zero-order valence-corrected chi connectivity index (χ0v) is 9.53. The van der Waals surface area contributed by atoms with Crippen molar-refractivity contribution < 1.29 is 4.39 Å². The van der Waals surface area contributed by atoms with Crippen LogP contribution in [0.4, 0.5) is 4.39 Å². The summed E-state index contributed by atoms with van der Waals surface area (Å²) in [6, 6.07) is 9.98. The average molecular weight is 247 g/mol. The SMILES string of the molecule is Fc1cccc(-c2ncc3c(Cl)cccn23)c1. The van der Waals surface area contributed by atoms with Gasteiger partial charge in [0.15, 0.2) is 0 Å². The molecule has 2 nitrogen and oxygen atoms in total. The van der Waals surface area contributed by atoms with Gasteiger partial charge >= 0.3 is 0 Å². The van der Waals surface area contributed by atoms with Gasteiger partial charge in [-0.2, -0.15) is 0 Å². The first-order valence-corrected chi connectivity index (χ1v) is 5.51. The molecule has 4 heteroatoms. The molecule has 0 spiro atoms. The summed E-state index contributed by atoms with van der Waals surface area (Å²) in [6.45, 7) is 0. The second kappa shape index (κ2) is 3.86. The lowest BCUT2D eigenvalue weighted by Crippen LogP contribution is -1.89. The Kier molecular flexibility index (Phi) is 2.34. The van der Waals surface area contributed by atoms with Crippen molar-refractivity contribution >= 4 is 17.1 Å². The highest BCUT2D eigenvalue weighted by Gasteiger charge is 2.08. The number of halogens is 2. The molecule has 3 rings (SSSR count). The van der Waals surface area contributed by atoms with Gasteiger partial charge in [-0.05, 0) is 24.3 Å². The van der Waals surface area contributed by atoms with Gasteiger partial charge in [0.25, 0.3) is 0 Å². The fraction of sp³-hybridized carbons (Fsp3) is 0. The third kappa shape index (κ3) is 1.68. The van der Waals surface area contributed by atoms with Crippen LogP contribution in [-0.2, 0) is 0 Å². The van der Waals surface area contributed by atoms with Crippen LogP contribution in [0.1, 0.15) is 0 Å². The molecular weight excluding hydrogens is 239 g/mol. The molecule has 3 aromatic rings. The van der Waals surface area contributed by atoms with E-state index < -0.39 is 0 Å². The van der Waals surface area contributed by atoms with Crippen molar-refractivity contribution in [1.29, 1.82) is 0 Å². The van der Waals surface area contributed by atoms with E-state index >= 15 is 0 Å². The van der Waals surface area contributed by atoms with Gasteiger partial charge in [-0.15, -0.1) is 0 Å². The second-order valence-corrected chi connectivity index (χ2v) is 4.11. The van der Waals surface area contributed by atoms with Crippen LogP contribution in [0.3, 0.4) is 0 Å². The lowest BCUT2D eigenvalue weighted by atomic mass is 10.2. The molecule has 0 aliphatic rings. The summed E-state index contributed by atoms with van der Waals surface area (Å²) < 4.78 is 15.0. The zero-order valence-electron chi connectivity index (χ0n) is 8.77. The molecule has 0 saturated heterocycles. The van der Waals surface area contributed by atoms with Crippen LogP contribution in [0, 0.1) is 5.82 Å². The molecule has 84 valence electrons. The summed E-state index contributed by atoms with van der Waals surface area (Å²) in [6.07, 6.45) is 3.54. The van der Waals surface area contributed by atoms with Gasteiger partial charge in [0, 0.05) is 11.8 Å². The fourth-order valence-electron chi connectivity index (χ4n) is 1.83. The van der Waals surface area contributed by atoms with Crippen molar-refractivity contribution in [3.63, 3.8) is 0 Å². The average Bonchev–Trinajstić information content (AvgIpc) is 2.74. The number of pyridine rings is 1. The molecule has 0 amide bonds. The number of rotatable bonds is 1. The highest BCUT2D eigenvalue weighted by atomic mass is 35.5. The Balaban J connectivity index is 2.28. The lowest BCUT2D eigenvalue weighted by molar-refractivity contribution is 0.628. The molecule has 0 saturated carbocycles. The molecular formula is C13H8ClFN2. The summed E-state index contributed by atoms with van der Waals surface area (Å²) in [5, 5.41) is 0.627. The predicted molar refractivity (Wildman–Crippen MR) is 65.6 cm³/mol. The summed E-state index contributed by atoms with van der Waals surface area (Å²) in [5.41, 5.74) is 1.54. The number of benzene rings is 1. The smallest absolute Gasteiger partial charge is 0.144 e. The molecule has 0 aliphatic carbocycles. The zero-order chi connectivity index (χ0) is 11.8. The number of aromatic nitrogens is 2. The van der Waals surface area contributed by atoms with Gasteiger partial charge in [0.2, 0.25) is 0 Å². The first-order valence-electron chi connectivity index (χ1n) is 5.13. The maximum atomic E-state index is 13.2. The standard InChI is InChI=1S/C13H8ClFN2/c14-11-5-2-6-17-12(11)8-16-13(17)9-3-1-4-10(15)7-9/h1-8H.